The number of urea groups is 1. The number of nitrogens with zero attached hydrogens (tertiary/aromatic N) is 2. The molecule has 6 heteroatoms. The fraction of sp³-hybridized carbons (Fsp3) is 0.533. The Morgan fingerprint density at radius 2 is 1.86 bits per heavy atom. The summed E-state index contributed by atoms with van der Waals surface area (Å²) in [5.74, 6) is 1.41. The summed E-state index contributed by atoms with van der Waals surface area (Å²) in [6, 6.07) is 6.21. The number of amides is 2. The molecule has 0 spiro atoms. The van der Waals surface area contributed by atoms with Crippen molar-refractivity contribution in [2.24, 2.45) is 0 Å². The number of ether oxygens (including phenoxy) is 2. The largest absolute Gasteiger partial charge is 0.454 e. The van der Waals surface area contributed by atoms with Crippen LogP contribution in [0.2, 0.25) is 0 Å². The van der Waals surface area contributed by atoms with Gasteiger partial charge in [0.15, 0.2) is 11.5 Å². The topological polar surface area (TPSA) is 54.0 Å². The van der Waals surface area contributed by atoms with E-state index in [2.05, 4.69) is 10.2 Å². The third kappa shape index (κ3) is 2.63. The molecule has 1 aromatic rings. The molecular formula is C15H19N3O3. The van der Waals surface area contributed by atoms with Gasteiger partial charge in [-0.05, 0) is 25.0 Å². The van der Waals surface area contributed by atoms with Crippen molar-refractivity contribution in [3.05, 3.63) is 18.2 Å². The summed E-state index contributed by atoms with van der Waals surface area (Å²) in [4.78, 5) is 16.7. The van der Waals surface area contributed by atoms with Crippen LogP contribution in [0.4, 0.5) is 10.5 Å². The summed E-state index contributed by atoms with van der Waals surface area (Å²) in [6.07, 6.45) is 2.65. The lowest BCUT2D eigenvalue weighted by molar-refractivity contribution is 0.142. The molecule has 21 heavy (non-hydrogen) atoms. The van der Waals surface area contributed by atoms with Gasteiger partial charge < -0.3 is 19.7 Å². The van der Waals surface area contributed by atoms with Gasteiger partial charge in [-0.3, -0.25) is 4.90 Å². The first-order valence-corrected chi connectivity index (χ1v) is 7.49. The number of piperazine rings is 1. The third-order valence-electron chi connectivity index (χ3n) is 4.29. The Morgan fingerprint density at radius 3 is 2.62 bits per heavy atom. The molecule has 4 rings (SSSR count). The van der Waals surface area contributed by atoms with E-state index < -0.39 is 0 Å². The molecular weight excluding hydrogens is 270 g/mol. The SMILES string of the molecule is O=C(Nc1ccc2c(c1)OCO2)N1CCN(C2CC2)CC1. The summed E-state index contributed by atoms with van der Waals surface area (Å²) in [5, 5.41) is 2.93. The highest BCUT2D eigenvalue weighted by molar-refractivity contribution is 5.89. The number of nitrogens with one attached hydrogen (secondary N) is 1. The van der Waals surface area contributed by atoms with Crippen LogP contribution in [0, 0.1) is 0 Å². The van der Waals surface area contributed by atoms with Crippen molar-refractivity contribution in [1.29, 1.82) is 0 Å². The zero-order chi connectivity index (χ0) is 14.2. The van der Waals surface area contributed by atoms with E-state index in [0.717, 1.165) is 43.7 Å². The molecule has 0 radical (unpaired) electrons. The van der Waals surface area contributed by atoms with Crippen LogP contribution in [0.25, 0.3) is 0 Å². The monoisotopic (exact) mass is 289 g/mol. The van der Waals surface area contributed by atoms with E-state index in [1.807, 2.05) is 17.0 Å². The van der Waals surface area contributed by atoms with Gasteiger partial charge >= 0.3 is 6.03 Å². The molecule has 3 aliphatic rings. The molecule has 2 amide bonds. The molecule has 0 atom stereocenters. The van der Waals surface area contributed by atoms with Crippen LogP contribution < -0.4 is 14.8 Å². The molecule has 0 bridgehead atoms. The molecule has 0 aromatic heterocycles. The van der Waals surface area contributed by atoms with Crippen molar-refractivity contribution in [1.82, 2.24) is 9.80 Å². The number of carbonyl (C=O) groups is 1. The minimum atomic E-state index is -0.0377. The molecule has 112 valence electrons. The van der Waals surface area contributed by atoms with E-state index in [9.17, 15) is 4.79 Å². The van der Waals surface area contributed by atoms with Gasteiger partial charge in [0.25, 0.3) is 0 Å². The molecule has 1 saturated heterocycles. The summed E-state index contributed by atoms with van der Waals surface area (Å²) in [5.41, 5.74) is 0.744. The number of carbonyl (C=O) groups excluding carboxylic acids is 1. The fourth-order valence-electron chi connectivity index (χ4n) is 2.91. The highest BCUT2D eigenvalue weighted by Crippen LogP contribution is 2.34. The van der Waals surface area contributed by atoms with Crippen LogP contribution >= 0.6 is 0 Å². The van der Waals surface area contributed by atoms with E-state index in [1.165, 1.54) is 12.8 Å². The summed E-state index contributed by atoms with van der Waals surface area (Å²) in [7, 11) is 0. The van der Waals surface area contributed by atoms with Crippen molar-refractivity contribution in [2.75, 3.05) is 38.3 Å². The van der Waals surface area contributed by atoms with Crippen LogP contribution in [-0.2, 0) is 0 Å². The molecule has 1 N–H and O–H groups in total. The maximum atomic E-state index is 12.3. The molecule has 6 nitrogen and oxygen atoms in total. The third-order valence-corrected chi connectivity index (χ3v) is 4.29. The molecule has 1 aliphatic carbocycles. The number of benzene rings is 1. The van der Waals surface area contributed by atoms with Crippen molar-refractivity contribution in [3.8, 4) is 11.5 Å². The van der Waals surface area contributed by atoms with E-state index in [-0.39, 0.29) is 12.8 Å². The average Bonchev–Trinajstić information content (AvgIpc) is 3.26. The van der Waals surface area contributed by atoms with Crippen LogP contribution in [-0.4, -0.2) is 54.8 Å². The predicted molar refractivity (Wildman–Crippen MR) is 77.8 cm³/mol. The van der Waals surface area contributed by atoms with Crippen molar-refractivity contribution >= 4 is 11.7 Å². The molecule has 0 unspecified atom stereocenters. The van der Waals surface area contributed by atoms with Crippen LogP contribution in [0.1, 0.15) is 12.8 Å². The standard InChI is InChI=1S/C15H19N3O3/c19-15(18-7-5-17(6-8-18)12-2-3-12)16-11-1-4-13-14(9-11)21-10-20-13/h1,4,9,12H,2-3,5-8,10H2,(H,16,19). The highest BCUT2D eigenvalue weighted by Gasteiger charge is 2.32. The second-order valence-corrected chi connectivity index (χ2v) is 5.75. The van der Waals surface area contributed by atoms with Crippen molar-refractivity contribution < 1.29 is 14.3 Å². The van der Waals surface area contributed by atoms with Gasteiger partial charge in [0.2, 0.25) is 6.79 Å². The number of hydrogen-bond donors (Lipinski definition) is 1. The number of fused-ring (bicyclic) bond motifs is 1. The summed E-state index contributed by atoms with van der Waals surface area (Å²) >= 11 is 0. The van der Waals surface area contributed by atoms with Gasteiger partial charge in [0, 0.05) is 44.0 Å². The van der Waals surface area contributed by atoms with Crippen LogP contribution in [0.5, 0.6) is 11.5 Å². The van der Waals surface area contributed by atoms with Gasteiger partial charge in [0.05, 0.1) is 0 Å². The molecule has 1 saturated carbocycles. The summed E-state index contributed by atoms with van der Waals surface area (Å²) in [6.45, 7) is 3.81. The van der Waals surface area contributed by atoms with Gasteiger partial charge in [-0.15, -0.1) is 0 Å². The lowest BCUT2D eigenvalue weighted by atomic mass is 10.2. The minimum Gasteiger partial charge on any atom is -0.454 e. The first kappa shape index (κ1) is 12.8. The Labute approximate surface area is 123 Å². The van der Waals surface area contributed by atoms with E-state index in [4.69, 9.17) is 9.47 Å². The maximum Gasteiger partial charge on any atom is 0.321 e. The van der Waals surface area contributed by atoms with E-state index in [1.54, 1.807) is 6.07 Å². The van der Waals surface area contributed by atoms with Crippen molar-refractivity contribution in [2.45, 2.75) is 18.9 Å². The second-order valence-electron chi connectivity index (χ2n) is 5.75. The Balaban J connectivity index is 1.35. The lowest BCUT2D eigenvalue weighted by Crippen LogP contribution is -2.50. The molecule has 2 fully saturated rings. The van der Waals surface area contributed by atoms with Gasteiger partial charge in [-0.1, -0.05) is 0 Å². The zero-order valence-electron chi connectivity index (χ0n) is 11.9. The quantitative estimate of drug-likeness (QED) is 0.901. The zero-order valence-corrected chi connectivity index (χ0v) is 11.9. The minimum absolute atomic E-state index is 0.0377. The average molecular weight is 289 g/mol. The predicted octanol–water partition coefficient (Wildman–Crippen LogP) is 1.73. The Morgan fingerprint density at radius 1 is 1.10 bits per heavy atom. The van der Waals surface area contributed by atoms with Gasteiger partial charge in [0.1, 0.15) is 0 Å². The molecule has 1 aromatic carbocycles. The smallest absolute Gasteiger partial charge is 0.321 e. The first-order chi connectivity index (χ1) is 10.3. The maximum absolute atomic E-state index is 12.3. The summed E-state index contributed by atoms with van der Waals surface area (Å²) < 4.78 is 10.6. The lowest BCUT2D eigenvalue weighted by Gasteiger charge is -2.34. The van der Waals surface area contributed by atoms with Gasteiger partial charge in [-0.2, -0.15) is 0 Å². The van der Waals surface area contributed by atoms with Crippen LogP contribution in [0.15, 0.2) is 18.2 Å². The first-order valence-electron chi connectivity index (χ1n) is 7.49. The number of hydrogen-bond acceptors (Lipinski definition) is 4. The normalized spacial score (nSPS) is 21.4. The number of rotatable bonds is 2. The Bertz CT molecular complexity index is 551. The Hall–Kier alpha value is -1.95. The Kier molecular flexibility index (Phi) is 3.11. The van der Waals surface area contributed by atoms with E-state index in [0.29, 0.717) is 5.75 Å². The second kappa shape index (κ2) is 5.11. The number of anilines is 1. The highest BCUT2D eigenvalue weighted by atomic mass is 16.7. The molecule has 2 aliphatic heterocycles. The fourth-order valence-corrected chi connectivity index (χ4v) is 2.91. The molecule has 2 heterocycles. The van der Waals surface area contributed by atoms with Gasteiger partial charge in [-0.25, -0.2) is 4.79 Å². The van der Waals surface area contributed by atoms with Crippen molar-refractivity contribution in [3.63, 3.8) is 0 Å². The van der Waals surface area contributed by atoms with E-state index >= 15 is 0 Å². The van der Waals surface area contributed by atoms with Crippen LogP contribution in [0.3, 0.4) is 0 Å².